The van der Waals surface area contributed by atoms with Crippen LogP contribution in [-0.4, -0.2) is 26.3 Å². The number of thiophene rings is 1. The molecule has 1 saturated carbocycles. The number of rotatable bonds is 5. The second kappa shape index (κ2) is 4.71. The fourth-order valence-corrected chi connectivity index (χ4v) is 4.00. The summed E-state index contributed by atoms with van der Waals surface area (Å²) < 4.78 is 6.06. The maximum atomic E-state index is 6.06. The van der Waals surface area contributed by atoms with Crippen molar-refractivity contribution in [3.8, 4) is 0 Å². The highest BCUT2D eigenvalue weighted by atomic mass is 32.1. The van der Waals surface area contributed by atoms with Crippen molar-refractivity contribution in [3.05, 3.63) is 22.4 Å². The smallest absolute Gasteiger partial charge is 0.0675 e. The summed E-state index contributed by atoms with van der Waals surface area (Å²) in [6.07, 6.45) is 5.64. The lowest BCUT2D eigenvalue weighted by molar-refractivity contribution is 0.0315. The van der Waals surface area contributed by atoms with Crippen molar-refractivity contribution >= 4 is 11.3 Å². The van der Waals surface area contributed by atoms with Gasteiger partial charge in [-0.2, -0.15) is 11.3 Å². The third-order valence-corrected chi connectivity index (χ3v) is 4.95. The average molecular weight is 251 g/mol. The Morgan fingerprint density at radius 3 is 3.06 bits per heavy atom. The van der Waals surface area contributed by atoms with Crippen LogP contribution in [0.25, 0.3) is 0 Å². The van der Waals surface area contributed by atoms with Crippen molar-refractivity contribution in [2.45, 2.75) is 31.8 Å². The lowest BCUT2D eigenvalue weighted by Crippen LogP contribution is -2.42. The van der Waals surface area contributed by atoms with E-state index in [4.69, 9.17) is 4.74 Å². The summed E-state index contributed by atoms with van der Waals surface area (Å²) in [5.41, 5.74) is 1.83. The molecule has 0 spiro atoms. The Morgan fingerprint density at radius 1 is 1.53 bits per heavy atom. The van der Waals surface area contributed by atoms with Gasteiger partial charge in [-0.05, 0) is 61.0 Å². The second-order valence-corrected chi connectivity index (χ2v) is 6.36. The minimum absolute atomic E-state index is 0.344. The summed E-state index contributed by atoms with van der Waals surface area (Å²) >= 11 is 1.80. The molecular formula is C14H21NOS. The molecule has 3 heteroatoms. The molecular weight excluding hydrogens is 230 g/mol. The van der Waals surface area contributed by atoms with Crippen molar-refractivity contribution in [1.29, 1.82) is 0 Å². The van der Waals surface area contributed by atoms with Crippen LogP contribution in [0.4, 0.5) is 0 Å². The number of ether oxygens (including phenoxy) is 1. The predicted molar refractivity (Wildman–Crippen MR) is 71.5 cm³/mol. The molecule has 2 atom stereocenters. The molecule has 1 aromatic heterocycles. The van der Waals surface area contributed by atoms with E-state index in [2.05, 4.69) is 29.2 Å². The van der Waals surface area contributed by atoms with Crippen LogP contribution >= 0.6 is 11.3 Å². The first-order chi connectivity index (χ1) is 8.34. The van der Waals surface area contributed by atoms with E-state index in [1.54, 1.807) is 11.3 Å². The van der Waals surface area contributed by atoms with Gasteiger partial charge < -0.3 is 10.1 Å². The quantitative estimate of drug-likeness (QED) is 0.869. The van der Waals surface area contributed by atoms with Crippen LogP contribution in [0.5, 0.6) is 0 Å². The summed E-state index contributed by atoms with van der Waals surface area (Å²) in [4.78, 5) is 0. The summed E-state index contributed by atoms with van der Waals surface area (Å²) in [5.74, 6) is 0.837. The lowest BCUT2D eigenvalue weighted by atomic mass is 9.74. The molecule has 1 aromatic rings. The summed E-state index contributed by atoms with van der Waals surface area (Å²) in [5, 5.41) is 7.88. The fraction of sp³-hybridized carbons (Fsp3) is 0.714. The average Bonchev–Trinajstić information content (AvgIpc) is 2.88. The van der Waals surface area contributed by atoms with E-state index in [1.807, 2.05) is 0 Å². The van der Waals surface area contributed by atoms with Gasteiger partial charge in [-0.25, -0.2) is 0 Å². The van der Waals surface area contributed by atoms with Gasteiger partial charge >= 0.3 is 0 Å². The molecule has 1 N–H and O–H groups in total. The van der Waals surface area contributed by atoms with Crippen molar-refractivity contribution in [3.63, 3.8) is 0 Å². The molecule has 2 unspecified atom stereocenters. The Labute approximate surface area is 107 Å². The zero-order valence-electron chi connectivity index (χ0n) is 10.4. The van der Waals surface area contributed by atoms with E-state index in [0.717, 1.165) is 19.1 Å². The van der Waals surface area contributed by atoms with Crippen LogP contribution in [-0.2, 0) is 11.2 Å². The van der Waals surface area contributed by atoms with Crippen molar-refractivity contribution in [2.24, 2.45) is 11.3 Å². The zero-order chi connectivity index (χ0) is 11.7. The first-order valence-corrected chi connectivity index (χ1v) is 7.56. The maximum absolute atomic E-state index is 6.06. The van der Waals surface area contributed by atoms with Gasteiger partial charge in [-0.3, -0.25) is 0 Å². The minimum atomic E-state index is 0.344. The molecule has 1 aliphatic carbocycles. The molecule has 1 aliphatic heterocycles. The normalized spacial score (nSPS) is 33.1. The molecule has 3 rings (SSSR count). The Hall–Kier alpha value is -0.380. The van der Waals surface area contributed by atoms with Gasteiger partial charge in [0, 0.05) is 18.6 Å². The molecule has 0 radical (unpaired) electrons. The molecule has 2 nitrogen and oxygen atoms in total. The van der Waals surface area contributed by atoms with Crippen molar-refractivity contribution in [1.82, 2.24) is 5.32 Å². The summed E-state index contributed by atoms with van der Waals surface area (Å²) in [7, 11) is 2.07. The van der Waals surface area contributed by atoms with E-state index in [-0.39, 0.29) is 0 Å². The van der Waals surface area contributed by atoms with Crippen LogP contribution < -0.4 is 5.32 Å². The molecule has 2 heterocycles. The van der Waals surface area contributed by atoms with Crippen LogP contribution in [0.2, 0.25) is 0 Å². The third kappa shape index (κ3) is 2.28. The highest BCUT2D eigenvalue weighted by molar-refractivity contribution is 7.07. The van der Waals surface area contributed by atoms with Crippen LogP contribution in [0, 0.1) is 11.3 Å². The topological polar surface area (TPSA) is 21.3 Å². The largest absolute Gasteiger partial charge is 0.377 e. The third-order valence-electron chi connectivity index (χ3n) is 4.22. The standard InChI is InChI=1S/C14H21NOS/c1-15-10-14(8-11-4-7-17-9-11)5-6-16-13(14)12-2-3-12/h4,7,9,12-13,15H,2-3,5-6,8,10H2,1H3. The minimum Gasteiger partial charge on any atom is -0.377 e. The fourth-order valence-electron chi connectivity index (χ4n) is 3.34. The molecule has 94 valence electrons. The molecule has 0 amide bonds. The van der Waals surface area contributed by atoms with Crippen LogP contribution in [0.1, 0.15) is 24.8 Å². The maximum Gasteiger partial charge on any atom is 0.0675 e. The monoisotopic (exact) mass is 251 g/mol. The van der Waals surface area contributed by atoms with E-state index in [0.29, 0.717) is 11.5 Å². The highest BCUT2D eigenvalue weighted by Crippen LogP contribution is 2.49. The van der Waals surface area contributed by atoms with Crippen LogP contribution in [0.15, 0.2) is 16.8 Å². The van der Waals surface area contributed by atoms with Gasteiger partial charge in [0.15, 0.2) is 0 Å². The first-order valence-electron chi connectivity index (χ1n) is 6.61. The summed E-state index contributed by atoms with van der Waals surface area (Å²) in [6.45, 7) is 2.04. The molecule has 0 aromatic carbocycles. The van der Waals surface area contributed by atoms with Gasteiger partial charge in [0.25, 0.3) is 0 Å². The van der Waals surface area contributed by atoms with Crippen molar-refractivity contribution in [2.75, 3.05) is 20.2 Å². The predicted octanol–water partition coefficient (Wildman–Crippen LogP) is 2.70. The van der Waals surface area contributed by atoms with Crippen LogP contribution in [0.3, 0.4) is 0 Å². The van der Waals surface area contributed by atoms with Gasteiger partial charge in [-0.15, -0.1) is 0 Å². The Kier molecular flexibility index (Phi) is 3.24. The molecule has 17 heavy (non-hydrogen) atoms. The molecule has 0 bridgehead atoms. The van der Waals surface area contributed by atoms with Gasteiger partial charge in [0.05, 0.1) is 6.10 Å². The summed E-state index contributed by atoms with van der Waals surface area (Å²) in [6, 6.07) is 2.27. The first kappa shape index (κ1) is 11.7. The zero-order valence-corrected chi connectivity index (χ0v) is 11.3. The van der Waals surface area contributed by atoms with E-state index in [1.165, 1.54) is 31.2 Å². The Morgan fingerprint density at radius 2 is 2.41 bits per heavy atom. The van der Waals surface area contributed by atoms with E-state index >= 15 is 0 Å². The molecule has 2 fully saturated rings. The van der Waals surface area contributed by atoms with Crippen molar-refractivity contribution < 1.29 is 4.74 Å². The lowest BCUT2D eigenvalue weighted by Gasteiger charge is -2.34. The van der Waals surface area contributed by atoms with E-state index < -0.39 is 0 Å². The Bertz CT molecular complexity index is 360. The molecule has 2 aliphatic rings. The number of nitrogens with one attached hydrogen (secondary N) is 1. The van der Waals surface area contributed by atoms with Gasteiger partial charge in [0.2, 0.25) is 0 Å². The molecule has 1 saturated heterocycles. The Balaban J connectivity index is 1.80. The van der Waals surface area contributed by atoms with Gasteiger partial charge in [0.1, 0.15) is 0 Å². The number of hydrogen-bond donors (Lipinski definition) is 1. The highest BCUT2D eigenvalue weighted by Gasteiger charge is 2.50. The van der Waals surface area contributed by atoms with Gasteiger partial charge in [-0.1, -0.05) is 0 Å². The second-order valence-electron chi connectivity index (χ2n) is 5.58. The SMILES string of the molecule is CNCC1(Cc2ccsc2)CCOC1C1CC1. The number of hydrogen-bond acceptors (Lipinski definition) is 3. The van der Waals surface area contributed by atoms with E-state index in [9.17, 15) is 0 Å².